The SMILES string of the molecule is CCCN(CCC)C(=O)C1CCN(C(=O)C2CCCO2)CC1. The maximum Gasteiger partial charge on any atom is 0.251 e. The van der Waals surface area contributed by atoms with Gasteiger partial charge in [-0.3, -0.25) is 9.59 Å². The van der Waals surface area contributed by atoms with E-state index in [1.807, 2.05) is 9.80 Å². The van der Waals surface area contributed by atoms with Crippen LogP contribution in [0.25, 0.3) is 0 Å². The molecule has 2 aliphatic heterocycles. The summed E-state index contributed by atoms with van der Waals surface area (Å²) < 4.78 is 5.48. The molecule has 0 radical (unpaired) electrons. The molecule has 0 aromatic rings. The van der Waals surface area contributed by atoms with Crippen molar-refractivity contribution in [2.24, 2.45) is 5.92 Å². The highest BCUT2D eigenvalue weighted by Gasteiger charge is 2.33. The molecule has 0 bridgehead atoms. The van der Waals surface area contributed by atoms with Crippen LogP contribution in [0.2, 0.25) is 0 Å². The molecule has 0 saturated carbocycles. The van der Waals surface area contributed by atoms with Crippen LogP contribution >= 0.6 is 0 Å². The number of carbonyl (C=O) groups is 2. The quantitative estimate of drug-likeness (QED) is 0.754. The van der Waals surface area contributed by atoms with Gasteiger partial charge in [-0.25, -0.2) is 0 Å². The van der Waals surface area contributed by atoms with E-state index in [0.29, 0.717) is 19.7 Å². The van der Waals surface area contributed by atoms with Crippen LogP contribution in [0.15, 0.2) is 0 Å². The van der Waals surface area contributed by atoms with Crippen LogP contribution < -0.4 is 0 Å². The lowest BCUT2D eigenvalue weighted by atomic mass is 9.94. The fraction of sp³-hybridized carbons (Fsp3) is 0.882. The van der Waals surface area contributed by atoms with Gasteiger partial charge >= 0.3 is 0 Å². The van der Waals surface area contributed by atoms with Crippen molar-refractivity contribution in [1.29, 1.82) is 0 Å². The molecule has 126 valence electrons. The first-order valence-corrected chi connectivity index (χ1v) is 8.86. The summed E-state index contributed by atoms with van der Waals surface area (Å²) in [5.74, 6) is 0.502. The lowest BCUT2D eigenvalue weighted by Gasteiger charge is -2.35. The van der Waals surface area contributed by atoms with Crippen LogP contribution in [0.4, 0.5) is 0 Å². The predicted molar refractivity (Wildman–Crippen MR) is 85.4 cm³/mol. The number of amides is 2. The Morgan fingerprint density at radius 2 is 1.73 bits per heavy atom. The Hall–Kier alpha value is -1.10. The minimum absolute atomic E-state index is 0.0895. The molecule has 2 fully saturated rings. The monoisotopic (exact) mass is 310 g/mol. The van der Waals surface area contributed by atoms with E-state index >= 15 is 0 Å². The first-order valence-electron chi connectivity index (χ1n) is 8.86. The van der Waals surface area contributed by atoms with E-state index in [1.54, 1.807) is 0 Å². The standard InChI is InChI=1S/C17H30N2O3/c1-3-9-18(10-4-2)16(20)14-7-11-19(12-8-14)17(21)15-6-5-13-22-15/h14-15H,3-13H2,1-2H3. The van der Waals surface area contributed by atoms with Gasteiger partial charge in [0, 0.05) is 38.7 Å². The van der Waals surface area contributed by atoms with Crippen molar-refractivity contribution in [1.82, 2.24) is 9.80 Å². The zero-order valence-electron chi connectivity index (χ0n) is 14.1. The van der Waals surface area contributed by atoms with Gasteiger partial charge < -0.3 is 14.5 Å². The highest BCUT2D eigenvalue weighted by atomic mass is 16.5. The Kier molecular flexibility index (Phi) is 6.68. The van der Waals surface area contributed by atoms with Crippen molar-refractivity contribution in [3.8, 4) is 0 Å². The van der Waals surface area contributed by atoms with Gasteiger partial charge in [0.15, 0.2) is 0 Å². The zero-order valence-corrected chi connectivity index (χ0v) is 14.1. The Morgan fingerprint density at radius 3 is 2.23 bits per heavy atom. The molecule has 0 aromatic heterocycles. The van der Waals surface area contributed by atoms with E-state index in [1.165, 1.54) is 0 Å². The van der Waals surface area contributed by atoms with Gasteiger partial charge in [-0.05, 0) is 38.5 Å². The molecular formula is C17H30N2O3. The number of likely N-dealkylation sites (tertiary alicyclic amines) is 1. The average molecular weight is 310 g/mol. The van der Waals surface area contributed by atoms with Crippen molar-refractivity contribution in [2.45, 2.75) is 58.5 Å². The molecule has 2 heterocycles. The molecule has 2 rings (SSSR count). The van der Waals surface area contributed by atoms with Gasteiger partial charge in [0.25, 0.3) is 5.91 Å². The largest absolute Gasteiger partial charge is 0.368 e. The third-order valence-electron chi connectivity index (χ3n) is 4.66. The van der Waals surface area contributed by atoms with Crippen LogP contribution in [-0.2, 0) is 14.3 Å². The van der Waals surface area contributed by atoms with Gasteiger partial charge in [0.1, 0.15) is 6.10 Å². The minimum Gasteiger partial charge on any atom is -0.368 e. The second-order valence-electron chi connectivity index (χ2n) is 6.43. The molecular weight excluding hydrogens is 280 g/mol. The molecule has 5 nitrogen and oxygen atoms in total. The number of hydrogen-bond donors (Lipinski definition) is 0. The van der Waals surface area contributed by atoms with Crippen molar-refractivity contribution in [3.63, 3.8) is 0 Å². The number of piperidine rings is 1. The van der Waals surface area contributed by atoms with Gasteiger partial charge in [0.2, 0.25) is 5.91 Å². The molecule has 1 unspecified atom stereocenters. The summed E-state index contributed by atoms with van der Waals surface area (Å²) in [6.07, 6.45) is 5.18. The summed E-state index contributed by atoms with van der Waals surface area (Å²) in [6.45, 7) is 8.01. The average Bonchev–Trinajstić information content (AvgIpc) is 3.08. The topological polar surface area (TPSA) is 49.9 Å². The molecule has 0 spiro atoms. The summed E-state index contributed by atoms with van der Waals surface area (Å²) in [5, 5.41) is 0. The highest BCUT2D eigenvalue weighted by molar-refractivity contribution is 5.82. The van der Waals surface area contributed by atoms with E-state index in [-0.39, 0.29) is 23.8 Å². The Labute approximate surface area is 134 Å². The number of ether oxygens (including phenoxy) is 1. The lowest BCUT2D eigenvalue weighted by Crippen LogP contribution is -2.47. The van der Waals surface area contributed by atoms with Gasteiger partial charge in [-0.15, -0.1) is 0 Å². The number of hydrogen-bond acceptors (Lipinski definition) is 3. The molecule has 5 heteroatoms. The van der Waals surface area contributed by atoms with Gasteiger partial charge in [-0.1, -0.05) is 13.8 Å². The first-order chi connectivity index (χ1) is 10.7. The summed E-state index contributed by atoms with van der Waals surface area (Å²) in [5.41, 5.74) is 0. The molecule has 2 aliphatic rings. The van der Waals surface area contributed by atoms with Crippen LogP contribution in [0, 0.1) is 5.92 Å². The molecule has 0 aliphatic carbocycles. The number of carbonyl (C=O) groups excluding carboxylic acids is 2. The molecule has 2 amide bonds. The molecule has 1 atom stereocenters. The zero-order chi connectivity index (χ0) is 15.9. The van der Waals surface area contributed by atoms with E-state index in [4.69, 9.17) is 4.74 Å². The van der Waals surface area contributed by atoms with Crippen LogP contribution in [-0.4, -0.2) is 60.5 Å². The Bertz CT molecular complexity index is 366. The van der Waals surface area contributed by atoms with Crippen molar-refractivity contribution < 1.29 is 14.3 Å². The second-order valence-corrected chi connectivity index (χ2v) is 6.43. The molecule has 22 heavy (non-hydrogen) atoms. The predicted octanol–water partition coefficient (Wildman–Crippen LogP) is 2.05. The minimum atomic E-state index is -0.232. The van der Waals surface area contributed by atoms with Crippen LogP contribution in [0.5, 0.6) is 0 Å². The van der Waals surface area contributed by atoms with Crippen molar-refractivity contribution >= 4 is 11.8 Å². The van der Waals surface area contributed by atoms with Crippen molar-refractivity contribution in [2.75, 3.05) is 32.8 Å². The van der Waals surface area contributed by atoms with E-state index < -0.39 is 0 Å². The first kappa shape index (κ1) is 17.3. The Balaban J connectivity index is 1.82. The maximum absolute atomic E-state index is 12.6. The second kappa shape index (κ2) is 8.51. The van der Waals surface area contributed by atoms with E-state index in [9.17, 15) is 9.59 Å². The fourth-order valence-corrected chi connectivity index (χ4v) is 3.45. The number of nitrogens with zero attached hydrogens (tertiary/aromatic N) is 2. The Morgan fingerprint density at radius 1 is 1.09 bits per heavy atom. The molecule has 0 aromatic carbocycles. The molecule has 2 saturated heterocycles. The summed E-state index contributed by atoms with van der Waals surface area (Å²) in [7, 11) is 0. The van der Waals surface area contributed by atoms with E-state index in [0.717, 1.165) is 51.6 Å². The number of rotatable bonds is 6. The third-order valence-corrected chi connectivity index (χ3v) is 4.66. The third kappa shape index (κ3) is 4.22. The fourth-order valence-electron chi connectivity index (χ4n) is 3.45. The summed E-state index contributed by atoms with van der Waals surface area (Å²) >= 11 is 0. The van der Waals surface area contributed by atoms with Crippen LogP contribution in [0.3, 0.4) is 0 Å². The van der Waals surface area contributed by atoms with Gasteiger partial charge in [0.05, 0.1) is 0 Å². The smallest absolute Gasteiger partial charge is 0.251 e. The summed E-state index contributed by atoms with van der Waals surface area (Å²) in [4.78, 5) is 28.8. The maximum atomic E-state index is 12.6. The normalized spacial score (nSPS) is 22.8. The summed E-state index contributed by atoms with van der Waals surface area (Å²) in [6, 6.07) is 0. The van der Waals surface area contributed by atoms with Gasteiger partial charge in [-0.2, -0.15) is 0 Å². The van der Waals surface area contributed by atoms with Crippen LogP contribution in [0.1, 0.15) is 52.4 Å². The lowest BCUT2D eigenvalue weighted by molar-refractivity contribution is -0.145. The molecule has 0 N–H and O–H groups in total. The van der Waals surface area contributed by atoms with E-state index in [2.05, 4.69) is 13.8 Å². The van der Waals surface area contributed by atoms with Crippen molar-refractivity contribution in [3.05, 3.63) is 0 Å². The highest BCUT2D eigenvalue weighted by Crippen LogP contribution is 2.23.